The minimum Gasteiger partial charge on any atom is -0.466 e. The van der Waals surface area contributed by atoms with E-state index in [1.807, 2.05) is 0 Å². The Bertz CT molecular complexity index is 565. The minimum atomic E-state index is -1.81. The maximum Gasteiger partial charge on any atom is 0.136 e. The van der Waals surface area contributed by atoms with Crippen LogP contribution in [-0.2, 0) is 0 Å². The van der Waals surface area contributed by atoms with Crippen LogP contribution in [0.1, 0.15) is 34.8 Å². The Morgan fingerprint density at radius 3 is 1.18 bits per heavy atom. The van der Waals surface area contributed by atoms with E-state index in [0.717, 1.165) is 0 Å². The molecular formula is C15H15O6P. The van der Waals surface area contributed by atoms with Gasteiger partial charge < -0.3 is 28.6 Å². The third-order valence-corrected chi connectivity index (χ3v) is 5.70. The number of hydrogen-bond donors (Lipinski definition) is 3. The van der Waals surface area contributed by atoms with Crippen molar-refractivity contribution in [2.75, 3.05) is 0 Å². The molecule has 6 nitrogen and oxygen atoms in total. The van der Waals surface area contributed by atoms with Gasteiger partial charge in [0.1, 0.15) is 34.8 Å². The van der Waals surface area contributed by atoms with Gasteiger partial charge in [-0.3, -0.25) is 0 Å². The van der Waals surface area contributed by atoms with Crippen LogP contribution < -0.4 is 0 Å². The highest BCUT2D eigenvalue weighted by Gasteiger charge is 2.39. The molecule has 3 aromatic heterocycles. The van der Waals surface area contributed by atoms with Crippen molar-refractivity contribution in [2.24, 2.45) is 0 Å². The van der Waals surface area contributed by atoms with Crippen LogP contribution in [0.25, 0.3) is 0 Å². The van der Waals surface area contributed by atoms with E-state index in [9.17, 15) is 15.3 Å². The Balaban J connectivity index is 1.94. The van der Waals surface area contributed by atoms with Gasteiger partial charge in [0.05, 0.1) is 18.8 Å². The molecule has 0 bridgehead atoms. The Kier molecular flexibility index (Phi) is 4.45. The second-order valence-electron chi connectivity index (χ2n) is 4.61. The van der Waals surface area contributed by atoms with Gasteiger partial charge in [0.25, 0.3) is 0 Å². The molecule has 7 heteroatoms. The molecule has 0 radical (unpaired) electrons. The van der Waals surface area contributed by atoms with E-state index in [0.29, 0.717) is 0 Å². The van der Waals surface area contributed by atoms with Crippen molar-refractivity contribution in [3.8, 4) is 0 Å². The first kappa shape index (κ1) is 15.1. The maximum absolute atomic E-state index is 10.5. The molecule has 3 unspecified atom stereocenters. The molecule has 0 aromatic carbocycles. The summed E-state index contributed by atoms with van der Waals surface area (Å²) in [4.78, 5) is 0. The SMILES string of the molecule is OC(c1ccco1)P(C(O)c1ccco1)C(O)c1ccco1. The minimum absolute atomic E-state index is 0.266. The van der Waals surface area contributed by atoms with Crippen molar-refractivity contribution < 1.29 is 28.6 Å². The van der Waals surface area contributed by atoms with Gasteiger partial charge in [0, 0.05) is 7.92 Å². The van der Waals surface area contributed by atoms with E-state index < -0.39 is 25.5 Å². The summed E-state index contributed by atoms with van der Waals surface area (Å²) in [5.74, 6) is -2.73. The molecule has 0 aliphatic heterocycles. The molecule has 22 heavy (non-hydrogen) atoms. The van der Waals surface area contributed by atoms with Crippen LogP contribution >= 0.6 is 7.92 Å². The molecule has 0 saturated heterocycles. The zero-order chi connectivity index (χ0) is 15.5. The van der Waals surface area contributed by atoms with Gasteiger partial charge in [-0.2, -0.15) is 0 Å². The molecule has 3 atom stereocenters. The second kappa shape index (κ2) is 6.50. The number of aliphatic hydroxyl groups is 3. The van der Waals surface area contributed by atoms with Crippen LogP contribution in [0, 0.1) is 0 Å². The average Bonchev–Trinajstić information content (AvgIpc) is 3.29. The van der Waals surface area contributed by atoms with E-state index in [-0.39, 0.29) is 17.3 Å². The van der Waals surface area contributed by atoms with Crippen molar-refractivity contribution in [2.45, 2.75) is 17.5 Å². The highest BCUT2D eigenvalue weighted by molar-refractivity contribution is 7.58. The van der Waals surface area contributed by atoms with Crippen molar-refractivity contribution in [1.29, 1.82) is 0 Å². The summed E-state index contributed by atoms with van der Waals surface area (Å²) in [5.41, 5.74) is 0. The van der Waals surface area contributed by atoms with Gasteiger partial charge in [0.15, 0.2) is 0 Å². The van der Waals surface area contributed by atoms with Crippen molar-refractivity contribution in [3.63, 3.8) is 0 Å². The molecule has 3 heterocycles. The molecule has 3 N–H and O–H groups in total. The third-order valence-electron chi connectivity index (χ3n) is 3.24. The molecular weight excluding hydrogens is 307 g/mol. The zero-order valence-electron chi connectivity index (χ0n) is 11.4. The summed E-state index contributed by atoms with van der Waals surface area (Å²) in [6.45, 7) is 0. The fraction of sp³-hybridized carbons (Fsp3) is 0.200. The van der Waals surface area contributed by atoms with Gasteiger partial charge >= 0.3 is 0 Å². The predicted molar refractivity (Wildman–Crippen MR) is 77.9 cm³/mol. The Labute approximate surface area is 127 Å². The molecule has 0 aliphatic carbocycles. The van der Waals surface area contributed by atoms with E-state index in [4.69, 9.17) is 13.3 Å². The normalized spacial score (nSPS) is 17.0. The summed E-state index contributed by atoms with van der Waals surface area (Å²) >= 11 is 0. The van der Waals surface area contributed by atoms with Crippen LogP contribution in [0.5, 0.6) is 0 Å². The van der Waals surface area contributed by atoms with E-state index in [1.54, 1.807) is 36.4 Å². The van der Waals surface area contributed by atoms with Gasteiger partial charge in [-0.25, -0.2) is 0 Å². The lowest BCUT2D eigenvalue weighted by Gasteiger charge is -2.29. The van der Waals surface area contributed by atoms with Crippen LogP contribution in [0.4, 0.5) is 0 Å². The van der Waals surface area contributed by atoms with Crippen molar-refractivity contribution >= 4 is 7.92 Å². The fourth-order valence-electron chi connectivity index (χ4n) is 2.16. The van der Waals surface area contributed by atoms with Crippen LogP contribution in [0.2, 0.25) is 0 Å². The summed E-state index contributed by atoms with van der Waals surface area (Å²) < 4.78 is 15.6. The Morgan fingerprint density at radius 2 is 0.955 bits per heavy atom. The van der Waals surface area contributed by atoms with Crippen LogP contribution in [0.15, 0.2) is 68.4 Å². The van der Waals surface area contributed by atoms with Crippen molar-refractivity contribution in [1.82, 2.24) is 0 Å². The summed E-state index contributed by atoms with van der Waals surface area (Å²) in [6, 6.07) is 9.65. The first-order valence-electron chi connectivity index (χ1n) is 6.60. The number of rotatable bonds is 6. The molecule has 0 saturated carbocycles. The topological polar surface area (TPSA) is 100 Å². The maximum atomic E-state index is 10.5. The first-order chi connectivity index (χ1) is 10.7. The van der Waals surface area contributed by atoms with Gasteiger partial charge in [0.2, 0.25) is 0 Å². The largest absolute Gasteiger partial charge is 0.466 e. The molecule has 3 rings (SSSR count). The van der Waals surface area contributed by atoms with Gasteiger partial charge in [-0.15, -0.1) is 0 Å². The standard InChI is InChI=1S/C15H15O6P/c16-13(10-4-1-7-19-10)22(14(17)11-5-2-8-20-11)15(18)12-6-3-9-21-12/h1-9,13-18H. The lowest BCUT2D eigenvalue weighted by Crippen LogP contribution is -2.09. The van der Waals surface area contributed by atoms with E-state index in [1.165, 1.54) is 18.8 Å². The third kappa shape index (κ3) is 2.87. The highest BCUT2D eigenvalue weighted by Crippen LogP contribution is 2.67. The number of aliphatic hydroxyl groups excluding tert-OH is 3. The van der Waals surface area contributed by atoms with Crippen LogP contribution in [0.3, 0.4) is 0 Å². The molecule has 0 fully saturated rings. The van der Waals surface area contributed by atoms with Gasteiger partial charge in [-0.05, 0) is 36.4 Å². The lowest BCUT2D eigenvalue weighted by atomic mass is 10.5. The molecule has 3 aromatic rings. The van der Waals surface area contributed by atoms with E-state index >= 15 is 0 Å². The summed E-state index contributed by atoms with van der Waals surface area (Å²) in [7, 11) is -1.81. The Hall–Kier alpha value is -1.85. The first-order valence-corrected chi connectivity index (χ1v) is 8.15. The monoisotopic (exact) mass is 322 g/mol. The molecule has 0 amide bonds. The highest BCUT2D eigenvalue weighted by atomic mass is 31.1. The summed E-state index contributed by atoms with van der Waals surface area (Å²) in [5, 5.41) is 31.6. The molecule has 0 spiro atoms. The van der Waals surface area contributed by atoms with Crippen LogP contribution in [-0.4, -0.2) is 15.3 Å². The van der Waals surface area contributed by atoms with E-state index in [2.05, 4.69) is 0 Å². The van der Waals surface area contributed by atoms with Crippen molar-refractivity contribution in [3.05, 3.63) is 72.5 Å². The Morgan fingerprint density at radius 1 is 0.636 bits per heavy atom. The predicted octanol–water partition coefficient (Wildman–Crippen LogP) is 3.32. The summed E-state index contributed by atoms with van der Waals surface area (Å²) in [6.07, 6.45) is 4.26. The number of hydrogen-bond acceptors (Lipinski definition) is 6. The lowest BCUT2D eigenvalue weighted by molar-refractivity contribution is 0.165. The second-order valence-corrected chi connectivity index (χ2v) is 6.98. The molecule has 0 aliphatic rings. The molecule has 116 valence electrons. The zero-order valence-corrected chi connectivity index (χ0v) is 12.3. The average molecular weight is 322 g/mol. The fourth-order valence-corrected chi connectivity index (χ4v) is 4.28. The number of furan rings is 3. The smallest absolute Gasteiger partial charge is 0.136 e. The quantitative estimate of drug-likeness (QED) is 0.602. The van der Waals surface area contributed by atoms with Gasteiger partial charge in [-0.1, -0.05) is 0 Å².